The summed E-state index contributed by atoms with van der Waals surface area (Å²) in [6, 6.07) is 6.90. The van der Waals surface area contributed by atoms with Crippen LogP contribution in [0.4, 0.5) is 0 Å². The predicted octanol–water partition coefficient (Wildman–Crippen LogP) is 8.78. The smallest absolute Gasteiger partial charge is 0.311 e. The highest BCUT2D eigenvalue weighted by Gasteiger charge is 2.29. The summed E-state index contributed by atoms with van der Waals surface area (Å²) in [6.45, 7) is 6.16. The highest BCUT2D eigenvalue weighted by molar-refractivity contribution is 6.08. The van der Waals surface area contributed by atoms with Gasteiger partial charge >= 0.3 is 11.9 Å². The van der Waals surface area contributed by atoms with E-state index >= 15 is 0 Å². The number of hydrogen-bond donors (Lipinski definition) is 2. The molecule has 0 spiro atoms. The number of phenolic OH excluding ortho intramolecular Hbond substituents is 2. The Morgan fingerprint density at radius 3 is 1.73 bits per heavy atom. The number of fused-ring (bicyclic) bond motifs is 1. The summed E-state index contributed by atoms with van der Waals surface area (Å²) < 4.78 is 17.4. The molecule has 0 unspecified atom stereocenters. The van der Waals surface area contributed by atoms with Crippen molar-refractivity contribution < 1.29 is 38.5 Å². The second-order valence-electron chi connectivity index (χ2n) is 11.4. The van der Waals surface area contributed by atoms with E-state index in [2.05, 4.69) is 20.8 Å². The first-order chi connectivity index (χ1) is 21.7. The van der Waals surface area contributed by atoms with Gasteiger partial charge in [0.15, 0.2) is 17.3 Å². The highest BCUT2D eigenvalue weighted by Crippen LogP contribution is 2.41. The van der Waals surface area contributed by atoms with E-state index in [4.69, 9.17) is 13.9 Å². The van der Waals surface area contributed by atoms with Gasteiger partial charge in [-0.05, 0) is 43.5 Å². The van der Waals surface area contributed by atoms with E-state index in [1.807, 2.05) is 0 Å². The molecular weight excluding hydrogens is 576 g/mol. The van der Waals surface area contributed by atoms with Crippen molar-refractivity contribution in [2.45, 2.75) is 117 Å². The Kier molecular flexibility index (Phi) is 14.1. The van der Waals surface area contributed by atoms with Crippen molar-refractivity contribution in [3.05, 3.63) is 46.1 Å². The zero-order valence-corrected chi connectivity index (χ0v) is 26.7. The summed E-state index contributed by atoms with van der Waals surface area (Å²) in [4.78, 5) is 53.6. The number of hydrogen-bond acceptors (Lipinski definition) is 9. The van der Waals surface area contributed by atoms with Gasteiger partial charge in [0, 0.05) is 30.9 Å². The maximum absolute atomic E-state index is 14.2. The van der Waals surface area contributed by atoms with E-state index < -0.39 is 40.4 Å². The van der Waals surface area contributed by atoms with Crippen LogP contribution in [0.1, 0.15) is 127 Å². The highest BCUT2D eigenvalue weighted by atomic mass is 16.5. The van der Waals surface area contributed by atoms with E-state index in [-0.39, 0.29) is 47.3 Å². The zero-order valence-electron chi connectivity index (χ0n) is 26.7. The summed E-state index contributed by atoms with van der Waals surface area (Å²) in [5.41, 5.74) is -0.928. The number of unbranched alkanes of at least 4 members (excludes halogenated alkanes) is 9. The number of carbonyl (C=O) groups excluding carboxylic acids is 3. The van der Waals surface area contributed by atoms with Crippen molar-refractivity contribution >= 4 is 28.7 Å². The van der Waals surface area contributed by atoms with Crippen LogP contribution in [0.15, 0.2) is 39.5 Å². The van der Waals surface area contributed by atoms with Gasteiger partial charge < -0.3 is 24.1 Å². The van der Waals surface area contributed by atoms with Gasteiger partial charge in [-0.15, -0.1) is 0 Å². The first kappa shape index (κ1) is 35.3. The van der Waals surface area contributed by atoms with E-state index in [0.29, 0.717) is 24.8 Å². The van der Waals surface area contributed by atoms with Gasteiger partial charge in [0.25, 0.3) is 0 Å². The molecule has 0 bridgehead atoms. The number of ether oxygens (including phenoxy) is 2. The average molecular weight is 623 g/mol. The first-order valence-corrected chi connectivity index (χ1v) is 16.3. The quantitative estimate of drug-likeness (QED) is 0.0581. The third kappa shape index (κ3) is 9.93. The van der Waals surface area contributed by atoms with Crippen LogP contribution in [0.2, 0.25) is 0 Å². The molecule has 244 valence electrons. The normalized spacial score (nSPS) is 11.1. The van der Waals surface area contributed by atoms with Gasteiger partial charge in [0.2, 0.25) is 11.2 Å². The Morgan fingerprint density at radius 1 is 0.689 bits per heavy atom. The van der Waals surface area contributed by atoms with E-state index in [9.17, 15) is 29.4 Å². The van der Waals surface area contributed by atoms with Crippen LogP contribution in [0.25, 0.3) is 22.3 Å². The van der Waals surface area contributed by atoms with Crippen molar-refractivity contribution in [1.82, 2.24) is 0 Å². The standard InChI is InChI=1S/C36H46O9/c1-4-7-10-13-16-26(38)31-27(39)23-28-32(35(31)44-29(40)17-14-11-8-5-2)33(42)36(45-30(41)18-15-12-9-6-3)34(43-28)24-19-21-25(37)22-20-24/h19-23,37,39H,4-18H2,1-3H3. The Labute approximate surface area is 264 Å². The summed E-state index contributed by atoms with van der Waals surface area (Å²) >= 11 is 0. The van der Waals surface area contributed by atoms with Gasteiger partial charge in [0.05, 0.1) is 0 Å². The number of rotatable bonds is 19. The van der Waals surface area contributed by atoms with Crippen LogP contribution in [-0.4, -0.2) is 27.9 Å². The third-order valence-electron chi connectivity index (χ3n) is 7.64. The number of ketones is 1. The van der Waals surface area contributed by atoms with E-state index in [1.54, 1.807) is 0 Å². The Balaban J connectivity index is 2.19. The molecule has 0 radical (unpaired) electrons. The average Bonchev–Trinajstić information content (AvgIpc) is 3.01. The molecule has 45 heavy (non-hydrogen) atoms. The lowest BCUT2D eigenvalue weighted by Gasteiger charge is -2.16. The Hall–Kier alpha value is -4.14. The van der Waals surface area contributed by atoms with E-state index in [1.165, 1.54) is 24.3 Å². The Morgan fingerprint density at radius 2 is 1.20 bits per heavy atom. The van der Waals surface area contributed by atoms with Gasteiger partial charge in [-0.3, -0.25) is 19.2 Å². The summed E-state index contributed by atoms with van der Waals surface area (Å²) in [7, 11) is 0. The molecule has 2 N–H and O–H groups in total. The maximum atomic E-state index is 14.2. The Bertz CT molecular complexity index is 1500. The minimum Gasteiger partial charge on any atom is -0.508 e. The van der Waals surface area contributed by atoms with Gasteiger partial charge in [0.1, 0.15) is 28.0 Å². The molecule has 2 aromatic carbocycles. The molecule has 0 saturated heterocycles. The van der Waals surface area contributed by atoms with Crippen molar-refractivity contribution in [3.63, 3.8) is 0 Å². The van der Waals surface area contributed by atoms with Crippen molar-refractivity contribution in [2.24, 2.45) is 0 Å². The molecule has 1 aromatic heterocycles. The monoisotopic (exact) mass is 622 g/mol. The molecule has 9 nitrogen and oxygen atoms in total. The number of esters is 2. The maximum Gasteiger partial charge on any atom is 0.311 e. The lowest BCUT2D eigenvalue weighted by atomic mass is 9.99. The fraction of sp³-hybridized carbons (Fsp3) is 0.500. The molecule has 0 aliphatic heterocycles. The molecule has 0 atom stereocenters. The number of Topliss-reactive ketones (excluding diaryl/α,β-unsaturated/α-hetero) is 1. The predicted molar refractivity (Wildman–Crippen MR) is 173 cm³/mol. The van der Waals surface area contributed by atoms with Crippen molar-refractivity contribution in [1.29, 1.82) is 0 Å². The third-order valence-corrected chi connectivity index (χ3v) is 7.64. The largest absolute Gasteiger partial charge is 0.508 e. The second kappa shape index (κ2) is 18.0. The lowest BCUT2D eigenvalue weighted by Crippen LogP contribution is -2.19. The minimum absolute atomic E-state index is 0.0239. The molecule has 1 heterocycles. The summed E-state index contributed by atoms with van der Waals surface area (Å²) in [6.07, 6.45) is 10.1. The molecule has 9 heteroatoms. The van der Waals surface area contributed by atoms with Crippen LogP contribution in [0.3, 0.4) is 0 Å². The number of aromatic hydroxyl groups is 2. The van der Waals surface area contributed by atoms with Crippen LogP contribution >= 0.6 is 0 Å². The number of phenols is 2. The molecule has 0 aliphatic carbocycles. The lowest BCUT2D eigenvalue weighted by molar-refractivity contribution is -0.135. The summed E-state index contributed by atoms with van der Waals surface area (Å²) in [5.74, 6) is -3.22. The number of carbonyl (C=O) groups is 3. The van der Waals surface area contributed by atoms with Gasteiger partial charge in [-0.2, -0.15) is 0 Å². The molecule has 0 saturated carbocycles. The molecule has 3 rings (SSSR count). The van der Waals surface area contributed by atoms with Crippen molar-refractivity contribution in [2.75, 3.05) is 0 Å². The molecule has 0 fully saturated rings. The van der Waals surface area contributed by atoms with Crippen LogP contribution in [0, 0.1) is 0 Å². The molecule has 0 amide bonds. The topological polar surface area (TPSA) is 140 Å². The fourth-order valence-corrected chi connectivity index (χ4v) is 5.12. The second-order valence-corrected chi connectivity index (χ2v) is 11.4. The SMILES string of the molecule is CCCCCCC(=O)Oc1c(-c2ccc(O)cc2)oc2cc(O)c(C(=O)CCCCCC)c(OC(=O)CCCCCC)c2c1=O. The first-order valence-electron chi connectivity index (χ1n) is 16.3. The van der Waals surface area contributed by atoms with E-state index in [0.717, 1.165) is 63.9 Å². The summed E-state index contributed by atoms with van der Waals surface area (Å²) in [5, 5.41) is 20.6. The molecule has 0 aliphatic rings. The number of benzene rings is 2. The van der Waals surface area contributed by atoms with Crippen molar-refractivity contribution in [3.8, 4) is 34.3 Å². The fourth-order valence-electron chi connectivity index (χ4n) is 5.12. The molecular formula is C36H46O9. The van der Waals surface area contributed by atoms with Crippen LogP contribution < -0.4 is 14.9 Å². The van der Waals surface area contributed by atoms with Crippen LogP contribution in [0.5, 0.6) is 23.0 Å². The molecule has 3 aromatic rings. The van der Waals surface area contributed by atoms with Gasteiger partial charge in [-0.25, -0.2) is 0 Å². The zero-order chi connectivity index (χ0) is 32.8. The van der Waals surface area contributed by atoms with Gasteiger partial charge in [-0.1, -0.05) is 78.6 Å². The minimum atomic E-state index is -0.824. The van der Waals surface area contributed by atoms with Crippen LogP contribution in [-0.2, 0) is 9.59 Å².